The Morgan fingerprint density at radius 2 is 2.00 bits per heavy atom. The fraction of sp³-hybridized carbons (Fsp3) is 0.556. The van der Waals surface area contributed by atoms with E-state index in [1.54, 1.807) is 13.8 Å². The van der Waals surface area contributed by atoms with Crippen LogP contribution in [0.1, 0.15) is 37.6 Å². The highest BCUT2D eigenvalue weighted by Gasteiger charge is 2.66. The fourth-order valence-electron chi connectivity index (χ4n) is 3.31. The number of methoxy groups -OCH3 is 1. The zero-order valence-electron chi connectivity index (χ0n) is 15.5. The Morgan fingerprint density at radius 1 is 1.33 bits per heavy atom. The number of nitrogens with one attached hydrogen (secondary N) is 1. The van der Waals surface area contributed by atoms with Gasteiger partial charge in [0.25, 0.3) is 5.91 Å². The molecule has 2 unspecified atom stereocenters. The molecule has 2 atom stereocenters. The third kappa shape index (κ3) is 3.69. The lowest BCUT2D eigenvalue weighted by molar-refractivity contribution is -0.190. The summed E-state index contributed by atoms with van der Waals surface area (Å²) in [6.45, 7) is 2.63. The highest BCUT2D eigenvalue weighted by atomic mass is 19.3. The summed E-state index contributed by atoms with van der Waals surface area (Å²) in [4.78, 5) is 24.6. The van der Waals surface area contributed by atoms with Crippen molar-refractivity contribution in [2.75, 3.05) is 13.7 Å². The molecule has 1 aromatic rings. The molecule has 0 aromatic heterocycles. The summed E-state index contributed by atoms with van der Waals surface area (Å²) < 4.78 is 39.7. The number of amides is 1. The van der Waals surface area contributed by atoms with Crippen LogP contribution in [-0.2, 0) is 9.53 Å². The van der Waals surface area contributed by atoms with Gasteiger partial charge in [-0.3, -0.25) is 4.79 Å². The molecule has 27 heavy (non-hydrogen) atoms. The minimum absolute atomic E-state index is 0.0600. The van der Waals surface area contributed by atoms with Gasteiger partial charge in [0.15, 0.2) is 11.5 Å². The van der Waals surface area contributed by atoms with E-state index in [4.69, 9.17) is 9.47 Å². The standard InChI is InChI=1S/C18H23F2NO6/c1-5-26-13-9-18(15(23)24,17(13,2)3)21-14(22)10-6-7-11(27-16(19)20)12(8-10)25-4/h6-8,13,16H,5,9H2,1-4H3,(H,21,22)(H,23,24). The number of benzene rings is 1. The first-order valence-corrected chi connectivity index (χ1v) is 8.39. The molecule has 0 spiro atoms. The summed E-state index contributed by atoms with van der Waals surface area (Å²) in [7, 11) is 1.25. The summed E-state index contributed by atoms with van der Waals surface area (Å²) in [6, 6.07) is 3.65. The van der Waals surface area contributed by atoms with Gasteiger partial charge < -0.3 is 24.6 Å². The van der Waals surface area contributed by atoms with Crippen LogP contribution in [0.5, 0.6) is 11.5 Å². The maximum Gasteiger partial charge on any atom is 0.387 e. The lowest BCUT2D eigenvalue weighted by atomic mass is 9.54. The summed E-state index contributed by atoms with van der Waals surface area (Å²) >= 11 is 0. The van der Waals surface area contributed by atoms with Crippen molar-refractivity contribution in [2.45, 2.75) is 45.4 Å². The largest absolute Gasteiger partial charge is 0.493 e. The summed E-state index contributed by atoms with van der Waals surface area (Å²) in [5.41, 5.74) is -2.28. The van der Waals surface area contributed by atoms with Gasteiger partial charge in [0.05, 0.1) is 13.2 Å². The Labute approximate surface area is 155 Å². The lowest BCUT2D eigenvalue weighted by Gasteiger charge is -2.58. The van der Waals surface area contributed by atoms with Crippen molar-refractivity contribution in [1.29, 1.82) is 0 Å². The highest BCUT2D eigenvalue weighted by Crippen LogP contribution is 2.51. The van der Waals surface area contributed by atoms with Crippen molar-refractivity contribution in [2.24, 2.45) is 5.41 Å². The van der Waals surface area contributed by atoms with Gasteiger partial charge >= 0.3 is 12.6 Å². The normalized spacial score (nSPS) is 23.4. The second-order valence-electron chi connectivity index (χ2n) is 6.78. The number of halogens is 2. The van der Waals surface area contributed by atoms with Crippen LogP contribution in [0, 0.1) is 5.41 Å². The average molecular weight is 387 g/mol. The molecule has 0 aliphatic heterocycles. The molecule has 0 bridgehead atoms. The predicted octanol–water partition coefficient (Wildman–Crippen LogP) is 2.68. The Morgan fingerprint density at radius 3 is 2.48 bits per heavy atom. The Balaban J connectivity index is 2.26. The zero-order valence-corrected chi connectivity index (χ0v) is 15.5. The van der Waals surface area contributed by atoms with Gasteiger partial charge in [-0.1, -0.05) is 13.8 Å². The molecule has 1 fully saturated rings. The molecule has 1 saturated carbocycles. The first-order valence-electron chi connectivity index (χ1n) is 8.39. The van der Waals surface area contributed by atoms with Crippen molar-refractivity contribution in [1.82, 2.24) is 5.32 Å². The van der Waals surface area contributed by atoms with E-state index < -0.39 is 29.4 Å². The monoisotopic (exact) mass is 387 g/mol. The van der Waals surface area contributed by atoms with Crippen LogP contribution >= 0.6 is 0 Å². The number of hydrogen-bond donors (Lipinski definition) is 2. The van der Waals surface area contributed by atoms with E-state index in [-0.39, 0.29) is 29.6 Å². The molecule has 0 radical (unpaired) electrons. The van der Waals surface area contributed by atoms with Crippen LogP contribution < -0.4 is 14.8 Å². The molecule has 1 aliphatic rings. The van der Waals surface area contributed by atoms with Gasteiger partial charge in [-0.15, -0.1) is 0 Å². The Bertz CT molecular complexity index is 724. The van der Waals surface area contributed by atoms with Gasteiger partial charge in [0.1, 0.15) is 5.54 Å². The number of carboxylic acids is 1. The molecular weight excluding hydrogens is 364 g/mol. The van der Waals surface area contributed by atoms with Crippen molar-refractivity contribution < 1.29 is 37.7 Å². The van der Waals surface area contributed by atoms with Crippen LogP contribution in [0.25, 0.3) is 0 Å². The zero-order chi connectivity index (χ0) is 20.4. The van der Waals surface area contributed by atoms with Crippen molar-refractivity contribution in [3.8, 4) is 11.5 Å². The quantitative estimate of drug-likeness (QED) is 0.712. The number of carbonyl (C=O) groups excluding carboxylic acids is 1. The van der Waals surface area contributed by atoms with Crippen LogP contribution in [0.4, 0.5) is 8.78 Å². The molecule has 7 nitrogen and oxygen atoms in total. The van der Waals surface area contributed by atoms with Crippen molar-refractivity contribution >= 4 is 11.9 Å². The Hall–Kier alpha value is -2.42. The fourth-order valence-corrected chi connectivity index (χ4v) is 3.31. The van der Waals surface area contributed by atoms with Gasteiger partial charge in [-0.2, -0.15) is 8.78 Å². The lowest BCUT2D eigenvalue weighted by Crippen LogP contribution is -2.76. The smallest absolute Gasteiger partial charge is 0.387 e. The number of carboxylic acid groups (broad SMARTS) is 1. The number of ether oxygens (including phenoxy) is 3. The molecular formula is C18H23F2NO6. The SMILES string of the molecule is CCOC1CC(NC(=O)c2ccc(OC(F)F)c(OC)c2)(C(=O)O)C1(C)C. The summed E-state index contributed by atoms with van der Waals surface area (Å²) in [6.07, 6.45) is -0.186. The molecule has 2 N–H and O–H groups in total. The van der Waals surface area contributed by atoms with E-state index in [9.17, 15) is 23.5 Å². The molecule has 9 heteroatoms. The first kappa shape index (κ1) is 20.9. The minimum atomic E-state index is -3.04. The van der Waals surface area contributed by atoms with E-state index in [0.717, 1.165) is 0 Å². The molecule has 1 aliphatic carbocycles. The number of aliphatic carboxylic acids is 1. The molecule has 1 aromatic carbocycles. The van der Waals surface area contributed by atoms with Crippen LogP contribution in [0.2, 0.25) is 0 Å². The van der Waals surface area contributed by atoms with Crippen LogP contribution in [0.3, 0.4) is 0 Å². The van der Waals surface area contributed by atoms with Crippen molar-refractivity contribution in [3.05, 3.63) is 23.8 Å². The molecule has 2 rings (SSSR count). The maximum absolute atomic E-state index is 12.7. The van der Waals surface area contributed by atoms with E-state index in [1.807, 2.05) is 6.92 Å². The molecule has 0 heterocycles. The highest BCUT2D eigenvalue weighted by molar-refractivity contribution is 5.99. The number of hydrogen-bond acceptors (Lipinski definition) is 5. The van der Waals surface area contributed by atoms with Gasteiger partial charge in [0.2, 0.25) is 0 Å². The van der Waals surface area contributed by atoms with Gasteiger partial charge in [-0.05, 0) is 25.1 Å². The van der Waals surface area contributed by atoms with E-state index in [1.165, 1.54) is 25.3 Å². The first-order chi connectivity index (χ1) is 12.6. The van der Waals surface area contributed by atoms with Gasteiger partial charge in [0, 0.05) is 24.0 Å². The average Bonchev–Trinajstić information content (AvgIpc) is 2.59. The molecule has 1 amide bonds. The number of alkyl halides is 2. The maximum atomic E-state index is 12.7. The topological polar surface area (TPSA) is 94.1 Å². The molecule has 0 saturated heterocycles. The minimum Gasteiger partial charge on any atom is -0.493 e. The second kappa shape index (κ2) is 7.67. The Kier molecular flexibility index (Phi) is 5.94. The second-order valence-corrected chi connectivity index (χ2v) is 6.78. The summed E-state index contributed by atoms with van der Waals surface area (Å²) in [5, 5.41) is 12.3. The number of rotatable bonds is 8. The van der Waals surface area contributed by atoms with Crippen molar-refractivity contribution in [3.63, 3.8) is 0 Å². The predicted molar refractivity (Wildman–Crippen MR) is 91.3 cm³/mol. The van der Waals surface area contributed by atoms with E-state index in [0.29, 0.717) is 6.61 Å². The van der Waals surface area contributed by atoms with Crippen LogP contribution in [-0.4, -0.2) is 49.0 Å². The third-order valence-electron chi connectivity index (χ3n) is 5.10. The van der Waals surface area contributed by atoms with Gasteiger partial charge in [-0.25, -0.2) is 4.79 Å². The number of carbonyl (C=O) groups is 2. The van der Waals surface area contributed by atoms with E-state index >= 15 is 0 Å². The summed E-state index contributed by atoms with van der Waals surface area (Å²) in [5.74, 6) is -2.12. The van der Waals surface area contributed by atoms with E-state index in [2.05, 4.69) is 10.1 Å². The third-order valence-corrected chi connectivity index (χ3v) is 5.10. The molecule has 150 valence electrons. The van der Waals surface area contributed by atoms with Crippen LogP contribution in [0.15, 0.2) is 18.2 Å².